The van der Waals surface area contributed by atoms with Gasteiger partial charge >= 0.3 is 0 Å². The molecule has 1 aromatic rings. The molecule has 50 heavy (non-hydrogen) atoms. The second-order valence-electron chi connectivity index (χ2n) is 17.1. The first kappa shape index (κ1) is 38.2. The molecule has 276 valence electrons. The van der Waals surface area contributed by atoms with Crippen molar-refractivity contribution < 1.29 is 29.1 Å². The monoisotopic (exact) mass is 692 g/mol. The molecule has 5 rings (SSSR count). The number of Topliss-reactive ketones (excluding diaryl/α,β-unsaturated/α-hetero) is 3. The van der Waals surface area contributed by atoms with Gasteiger partial charge in [-0.3, -0.25) is 29.0 Å². The van der Waals surface area contributed by atoms with Crippen molar-refractivity contribution >= 4 is 29.2 Å². The molecule has 1 aromatic heterocycles. The smallest absolute Gasteiger partial charge is 0.246 e. The van der Waals surface area contributed by atoms with E-state index in [9.17, 15) is 29.1 Å². The summed E-state index contributed by atoms with van der Waals surface area (Å²) in [7, 11) is 0. The minimum atomic E-state index is -1.17. The summed E-state index contributed by atoms with van der Waals surface area (Å²) < 4.78 is 0. The van der Waals surface area contributed by atoms with Gasteiger partial charge in [-0.1, -0.05) is 59.8 Å². The van der Waals surface area contributed by atoms with Crippen molar-refractivity contribution in [3.63, 3.8) is 0 Å². The summed E-state index contributed by atoms with van der Waals surface area (Å²) in [6.07, 6.45) is 13.2. The van der Waals surface area contributed by atoms with Gasteiger partial charge in [0.05, 0.1) is 17.9 Å². The minimum Gasteiger partial charge on any atom is -0.385 e. The fraction of sp³-hybridized carbons (Fsp3) is 0.775. The van der Waals surface area contributed by atoms with Crippen LogP contribution in [0, 0.1) is 47.8 Å². The summed E-state index contributed by atoms with van der Waals surface area (Å²) in [5, 5.41) is 14.2. The summed E-state index contributed by atoms with van der Waals surface area (Å²) >= 11 is 0. The van der Waals surface area contributed by atoms with Gasteiger partial charge in [-0.25, -0.2) is 4.98 Å². The summed E-state index contributed by atoms with van der Waals surface area (Å²) in [5.41, 5.74) is 0.271. The molecular weight excluding hydrogens is 632 g/mol. The van der Waals surface area contributed by atoms with Gasteiger partial charge in [0, 0.05) is 37.9 Å². The molecule has 1 aliphatic heterocycles. The van der Waals surface area contributed by atoms with Crippen LogP contribution in [-0.2, 0) is 19.2 Å². The molecule has 0 radical (unpaired) electrons. The zero-order valence-corrected chi connectivity index (χ0v) is 31.0. The van der Waals surface area contributed by atoms with Crippen LogP contribution in [0.2, 0.25) is 0 Å². The summed E-state index contributed by atoms with van der Waals surface area (Å²) in [5.74, 6) is -1.53. The summed E-state index contributed by atoms with van der Waals surface area (Å²) in [6, 6.07) is -1.54. The number of aromatic nitrogens is 2. The highest BCUT2D eigenvalue weighted by Gasteiger charge is 2.52. The lowest BCUT2D eigenvalue weighted by molar-refractivity contribution is -0.145. The van der Waals surface area contributed by atoms with Crippen LogP contribution < -0.4 is 5.32 Å². The highest BCUT2D eigenvalue weighted by atomic mass is 16.3. The van der Waals surface area contributed by atoms with E-state index in [0.29, 0.717) is 31.0 Å². The van der Waals surface area contributed by atoms with Crippen molar-refractivity contribution in [2.45, 2.75) is 149 Å². The van der Waals surface area contributed by atoms with Crippen molar-refractivity contribution in [3.05, 3.63) is 23.8 Å². The van der Waals surface area contributed by atoms with E-state index in [-0.39, 0.29) is 65.5 Å². The molecule has 1 unspecified atom stereocenters. The normalized spacial score (nSPS) is 25.0. The van der Waals surface area contributed by atoms with E-state index in [1.807, 2.05) is 27.7 Å². The van der Waals surface area contributed by atoms with Crippen molar-refractivity contribution in [1.29, 1.82) is 0 Å². The topological polar surface area (TPSA) is 147 Å². The molecule has 10 nitrogen and oxygen atoms in total. The van der Waals surface area contributed by atoms with Gasteiger partial charge in [-0.05, 0) is 86.9 Å². The number of nitrogens with zero attached hydrogens (tertiary/aromatic N) is 3. The molecule has 3 aliphatic carbocycles. The number of aryl methyl sites for hydroxylation is 1. The third-order valence-electron chi connectivity index (χ3n) is 12.0. The number of aliphatic hydroxyl groups excluding tert-OH is 1. The van der Waals surface area contributed by atoms with Gasteiger partial charge in [0.2, 0.25) is 11.8 Å². The van der Waals surface area contributed by atoms with Gasteiger partial charge in [-0.15, -0.1) is 0 Å². The Labute approximate surface area is 298 Å². The number of rotatable bonds is 16. The summed E-state index contributed by atoms with van der Waals surface area (Å²) in [6.45, 7) is 10.0. The van der Waals surface area contributed by atoms with Crippen molar-refractivity contribution in [2.24, 2.45) is 40.9 Å². The quantitative estimate of drug-likeness (QED) is 0.206. The molecule has 4 fully saturated rings. The molecule has 10 heteroatoms. The molecule has 2 heterocycles. The SMILES string of the molecule is CCC[C@@H](CC(=O)[C@@H]1[C@H]2CCC[C@H]2CN1C(=O)[C@@H](NC(=O)[C@@H](CC(=O)c1cnc(C)cn1)C1CCCCC1)C(C)(C)C)C(O)C(=O)CC1CC1. The molecule has 1 saturated heterocycles. The first-order valence-corrected chi connectivity index (χ1v) is 19.4. The number of carbonyl (C=O) groups excluding carboxylic acids is 5. The average molecular weight is 693 g/mol. The first-order valence-electron chi connectivity index (χ1n) is 19.4. The van der Waals surface area contributed by atoms with E-state index in [0.717, 1.165) is 70.6 Å². The Morgan fingerprint density at radius 3 is 2.28 bits per heavy atom. The van der Waals surface area contributed by atoms with Crippen LogP contribution in [-0.4, -0.2) is 73.9 Å². The minimum absolute atomic E-state index is 0.00508. The zero-order chi connectivity index (χ0) is 36.2. The number of nitrogens with one attached hydrogen (secondary N) is 1. The van der Waals surface area contributed by atoms with Crippen molar-refractivity contribution in [1.82, 2.24) is 20.2 Å². The molecule has 0 bridgehead atoms. The number of aliphatic hydroxyl groups is 1. The fourth-order valence-electron chi connectivity index (χ4n) is 8.97. The van der Waals surface area contributed by atoms with Crippen molar-refractivity contribution in [3.8, 4) is 0 Å². The van der Waals surface area contributed by atoms with Crippen LogP contribution in [0.3, 0.4) is 0 Å². The molecule has 7 atom stereocenters. The predicted octanol–water partition coefficient (Wildman–Crippen LogP) is 5.82. The first-order chi connectivity index (χ1) is 23.8. The third kappa shape index (κ3) is 9.25. The largest absolute Gasteiger partial charge is 0.385 e. The van der Waals surface area contributed by atoms with E-state index in [2.05, 4.69) is 15.3 Å². The number of hydrogen-bond donors (Lipinski definition) is 2. The lowest BCUT2D eigenvalue weighted by atomic mass is 9.76. The molecule has 2 N–H and O–H groups in total. The van der Waals surface area contributed by atoms with Crippen LogP contribution in [0.1, 0.15) is 140 Å². The van der Waals surface area contributed by atoms with Crippen LogP contribution in [0.5, 0.6) is 0 Å². The highest BCUT2D eigenvalue weighted by molar-refractivity contribution is 5.98. The maximum absolute atomic E-state index is 14.7. The van der Waals surface area contributed by atoms with Crippen LogP contribution >= 0.6 is 0 Å². The number of carbonyl (C=O) groups is 5. The molecule has 3 saturated carbocycles. The van der Waals surface area contributed by atoms with E-state index >= 15 is 0 Å². The molecule has 4 aliphatic rings. The zero-order valence-electron chi connectivity index (χ0n) is 31.0. The Kier molecular flexibility index (Phi) is 12.7. The van der Waals surface area contributed by atoms with Crippen molar-refractivity contribution in [2.75, 3.05) is 6.54 Å². The maximum atomic E-state index is 14.7. The van der Waals surface area contributed by atoms with Crippen LogP contribution in [0.15, 0.2) is 12.4 Å². The van der Waals surface area contributed by atoms with E-state index in [4.69, 9.17) is 0 Å². The number of fused-ring (bicyclic) bond motifs is 1. The molecule has 0 aromatic carbocycles. The van der Waals surface area contributed by atoms with E-state index < -0.39 is 35.4 Å². The van der Waals surface area contributed by atoms with Gasteiger partial charge in [0.25, 0.3) is 0 Å². The molecule has 2 amide bonds. The van der Waals surface area contributed by atoms with E-state index in [1.54, 1.807) is 18.0 Å². The number of amides is 2. The Morgan fingerprint density at radius 1 is 0.940 bits per heavy atom. The van der Waals surface area contributed by atoms with E-state index in [1.165, 1.54) is 6.20 Å². The second-order valence-corrected chi connectivity index (χ2v) is 17.1. The molecule has 0 spiro atoms. The Balaban J connectivity index is 1.35. The molecular formula is C40H60N4O6. The third-order valence-corrected chi connectivity index (χ3v) is 12.0. The Hall–Kier alpha value is -3.01. The average Bonchev–Trinajstić information content (AvgIpc) is 3.65. The number of ketones is 3. The fourth-order valence-corrected chi connectivity index (χ4v) is 8.97. The lowest BCUT2D eigenvalue weighted by Crippen LogP contribution is -2.58. The van der Waals surface area contributed by atoms with Gasteiger partial charge < -0.3 is 15.3 Å². The predicted molar refractivity (Wildman–Crippen MR) is 190 cm³/mol. The maximum Gasteiger partial charge on any atom is 0.246 e. The Morgan fingerprint density at radius 2 is 1.66 bits per heavy atom. The van der Waals surface area contributed by atoms with Gasteiger partial charge in [0.15, 0.2) is 17.3 Å². The number of likely N-dealkylation sites (tertiary alicyclic amines) is 1. The van der Waals surface area contributed by atoms with Gasteiger partial charge in [-0.2, -0.15) is 0 Å². The van der Waals surface area contributed by atoms with Crippen LogP contribution in [0.4, 0.5) is 0 Å². The standard InChI is InChI=1S/C40H60N4O6/c1-6-11-27(36(48)34(47)18-25-16-17-25)19-33(46)35-29-15-10-14-28(29)23-44(35)39(50)37(40(3,4)5)43-38(49)30(26-12-8-7-9-13-26)20-32(45)31-22-41-24(2)21-42-31/h21-22,25-30,35-37,48H,6-20,23H2,1-5H3,(H,43,49)/t27-,28-,29-,30-,35-,36?,37+/m0/s1. The Bertz CT molecular complexity index is 1380. The second kappa shape index (κ2) is 16.6. The van der Waals surface area contributed by atoms with Gasteiger partial charge in [0.1, 0.15) is 17.8 Å². The summed E-state index contributed by atoms with van der Waals surface area (Å²) in [4.78, 5) is 79.8. The lowest BCUT2D eigenvalue weighted by Gasteiger charge is -2.38. The van der Waals surface area contributed by atoms with Crippen LogP contribution in [0.25, 0.3) is 0 Å². The number of hydrogen-bond acceptors (Lipinski definition) is 8. The highest BCUT2D eigenvalue weighted by Crippen LogP contribution is 2.44.